The van der Waals surface area contributed by atoms with Crippen LogP contribution in [-0.4, -0.2) is 67.5 Å². The summed E-state index contributed by atoms with van der Waals surface area (Å²) >= 11 is 6.05. The number of rotatable bonds is 5. The Bertz CT molecular complexity index is 678. The first-order chi connectivity index (χ1) is 12.0. The number of piperazine rings is 1. The summed E-state index contributed by atoms with van der Waals surface area (Å²) in [5, 5.41) is 3.32. The molecule has 3 N–H and O–H groups in total. The van der Waals surface area contributed by atoms with E-state index in [1.54, 1.807) is 17.0 Å². The Labute approximate surface area is 176 Å². The number of nitrogens with one attached hydrogen (secondary N) is 1. The maximum absolute atomic E-state index is 12.8. The number of methoxy groups -OCH3 is 1. The van der Waals surface area contributed by atoms with Crippen LogP contribution in [0.5, 0.6) is 5.75 Å². The Balaban J connectivity index is 0.00000182. The highest BCUT2D eigenvalue weighted by atomic mass is 35.5. The minimum absolute atomic E-state index is 0. The van der Waals surface area contributed by atoms with Gasteiger partial charge in [-0.1, -0.05) is 11.6 Å². The lowest BCUT2D eigenvalue weighted by Gasteiger charge is -2.34. The van der Waals surface area contributed by atoms with Crippen molar-refractivity contribution >= 4 is 53.9 Å². The van der Waals surface area contributed by atoms with Gasteiger partial charge in [-0.05, 0) is 18.9 Å². The van der Waals surface area contributed by atoms with Gasteiger partial charge >= 0.3 is 0 Å². The molecule has 1 aliphatic carbocycles. The maximum Gasteiger partial charge on any atom is 0.257 e. The van der Waals surface area contributed by atoms with Gasteiger partial charge in [0.1, 0.15) is 5.75 Å². The monoisotopic (exact) mass is 438 g/mol. The number of nitrogens with zero attached hydrogens (tertiary/aromatic N) is 2. The van der Waals surface area contributed by atoms with Crippen LogP contribution in [0.3, 0.4) is 0 Å². The molecule has 152 valence electrons. The van der Waals surface area contributed by atoms with Crippen LogP contribution in [0.2, 0.25) is 5.02 Å². The van der Waals surface area contributed by atoms with Crippen LogP contribution in [0.4, 0.5) is 5.69 Å². The van der Waals surface area contributed by atoms with Crippen molar-refractivity contribution in [3.05, 3.63) is 22.7 Å². The number of amides is 2. The van der Waals surface area contributed by atoms with Gasteiger partial charge in [-0.25, -0.2) is 0 Å². The van der Waals surface area contributed by atoms with Crippen molar-refractivity contribution in [2.24, 2.45) is 0 Å². The normalized spacial score (nSPS) is 16.7. The van der Waals surface area contributed by atoms with Crippen molar-refractivity contribution in [2.75, 3.05) is 45.6 Å². The molecule has 0 radical (unpaired) electrons. The highest BCUT2D eigenvalue weighted by molar-refractivity contribution is 6.33. The van der Waals surface area contributed by atoms with E-state index in [9.17, 15) is 9.59 Å². The summed E-state index contributed by atoms with van der Waals surface area (Å²) in [7, 11) is 1.50. The third kappa shape index (κ3) is 6.04. The summed E-state index contributed by atoms with van der Waals surface area (Å²) in [6.45, 7) is 2.82. The van der Waals surface area contributed by atoms with Crippen LogP contribution in [0.25, 0.3) is 0 Å². The minimum Gasteiger partial charge on any atom is -0.496 e. The lowest BCUT2D eigenvalue weighted by molar-refractivity contribution is -0.122. The van der Waals surface area contributed by atoms with Gasteiger partial charge in [0.25, 0.3) is 5.91 Å². The maximum atomic E-state index is 12.8. The molecule has 0 bridgehead atoms. The summed E-state index contributed by atoms with van der Waals surface area (Å²) in [5.74, 6) is 0.341. The first kappa shape index (κ1) is 23.6. The second-order valence-corrected chi connectivity index (χ2v) is 6.89. The molecule has 0 aromatic heterocycles. The van der Waals surface area contributed by atoms with Gasteiger partial charge in [-0.2, -0.15) is 0 Å². The van der Waals surface area contributed by atoms with Crippen molar-refractivity contribution < 1.29 is 14.3 Å². The van der Waals surface area contributed by atoms with Crippen LogP contribution in [0.1, 0.15) is 23.2 Å². The molecule has 1 saturated carbocycles. The Kier molecular flexibility index (Phi) is 8.94. The number of carbonyl (C=O) groups excluding carboxylic acids is 2. The van der Waals surface area contributed by atoms with E-state index in [1.807, 2.05) is 0 Å². The number of benzene rings is 1. The summed E-state index contributed by atoms with van der Waals surface area (Å²) in [6, 6.07) is 3.49. The number of anilines is 1. The average molecular weight is 440 g/mol. The van der Waals surface area contributed by atoms with Gasteiger partial charge in [0.15, 0.2) is 0 Å². The minimum atomic E-state index is -0.138. The third-order valence-corrected chi connectivity index (χ3v) is 4.85. The molecular formula is C17H25Cl3N4O3. The van der Waals surface area contributed by atoms with Gasteiger partial charge in [0.05, 0.1) is 29.9 Å². The van der Waals surface area contributed by atoms with E-state index in [1.165, 1.54) is 7.11 Å². The van der Waals surface area contributed by atoms with Crippen LogP contribution in [-0.2, 0) is 4.79 Å². The van der Waals surface area contributed by atoms with E-state index in [4.69, 9.17) is 22.1 Å². The van der Waals surface area contributed by atoms with Gasteiger partial charge in [0, 0.05) is 38.3 Å². The molecule has 2 fully saturated rings. The molecule has 1 aromatic carbocycles. The molecule has 1 saturated heterocycles. The smallest absolute Gasteiger partial charge is 0.257 e. The molecule has 0 unspecified atom stereocenters. The van der Waals surface area contributed by atoms with E-state index in [2.05, 4.69) is 10.2 Å². The largest absolute Gasteiger partial charge is 0.496 e. The Hall–Kier alpha value is -1.41. The van der Waals surface area contributed by atoms with Crippen molar-refractivity contribution in [2.45, 2.75) is 18.9 Å². The van der Waals surface area contributed by atoms with Gasteiger partial charge < -0.3 is 20.7 Å². The summed E-state index contributed by atoms with van der Waals surface area (Å²) in [6.07, 6.45) is 2.17. The SMILES string of the molecule is COc1cc(N)c(Cl)cc1C(=O)N1CCN(CC(=O)NC2CC2)CC1.Cl.Cl. The predicted octanol–water partition coefficient (Wildman–Crippen LogP) is 1.81. The quantitative estimate of drug-likeness (QED) is 0.683. The third-order valence-electron chi connectivity index (χ3n) is 4.52. The van der Waals surface area contributed by atoms with Gasteiger partial charge in [-0.15, -0.1) is 24.8 Å². The van der Waals surface area contributed by atoms with Crippen LogP contribution in [0.15, 0.2) is 12.1 Å². The number of nitrogens with two attached hydrogens (primary N) is 1. The fraction of sp³-hybridized carbons (Fsp3) is 0.529. The van der Waals surface area contributed by atoms with Crippen molar-refractivity contribution in [3.8, 4) is 5.75 Å². The van der Waals surface area contributed by atoms with E-state index in [-0.39, 0.29) is 36.6 Å². The van der Waals surface area contributed by atoms with Crippen molar-refractivity contribution in [1.29, 1.82) is 0 Å². The Morgan fingerprint density at radius 2 is 1.85 bits per heavy atom. The molecule has 27 heavy (non-hydrogen) atoms. The highest BCUT2D eigenvalue weighted by Gasteiger charge is 2.27. The summed E-state index contributed by atoms with van der Waals surface area (Å²) < 4.78 is 5.26. The zero-order valence-electron chi connectivity index (χ0n) is 15.1. The molecule has 0 atom stereocenters. The zero-order chi connectivity index (χ0) is 18.0. The fourth-order valence-electron chi connectivity index (χ4n) is 2.89. The second-order valence-electron chi connectivity index (χ2n) is 6.48. The molecule has 10 heteroatoms. The molecule has 2 amide bonds. The molecule has 1 heterocycles. The van der Waals surface area contributed by atoms with Crippen LogP contribution in [0, 0.1) is 0 Å². The standard InChI is InChI=1S/C17H23ClN4O3.2ClH/c1-25-15-9-14(19)13(18)8-12(15)17(24)22-6-4-21(5-7-22)10-16(23)20-11-2-3-11;;/h8-9,11H,2-7,10,19H2,1H3,(H,20,23);2*1H. The molecule has 3 rings (SSSR count). The van der Waals surface area contributed by atoms with Crippen LogP contribution < -0.4 is 15.8 Å². The highest BCUT2D eigenvalue weighted by Crippen LogP contribution is 2.30. The molecular weight excluding hydrogens is 415 g/mol. The van der Waals surface area contributed by atoms with Crippen LogP contribution >= 0.6 is 36.4 Å². The number of nitrogen functional groups attached to an aromatic ring is 1. The molecule has 1 aromatic rings. The van der Waals surface area contributed by atoms with Gasteiger partial charge in [-0.3, -0.25) is 14.5 Å². The van der Waals surface area contributed by atoms with E-state index in [0.29, 0.717) is 60.8 Å². The fourth-order valence-corrected chi connectivity index (χ4v) is 3.05. The predicted molar refractivity (Wildman–Crippen MR) is 110 cm³/mol. The second kappa shape index (κ2) is 10.2. The van der Waals surface area contributed by atoms with Crippen molar-refractivity contribution in [3.63, 3.8) is 0 Å². The molecule has 7 nitrogen and oxygen atoms in total. The first-order valence-corrected chi connectivity index (χ1v) is 8.79. The molecule has 0 spiro atoms. The first-order valence-electron chi connectivity index (χ1n) is 8.42. The van der Waals surface area contributed by atoms with E-state index >= 15 is 0 Å². The lowest BCUT2D eigenvalue weighted by atomic mass is 10.1. The van der Waals surface area contributed by atoms with E-state index < -0.39 is 0 Å². The average Bonchev–Trinajstić information content (AvgIpc) is 3.40. The number of carbonyl (C=O) groups is 2. The number of halogens is 3. The number of hydrogen-bond acceptors (Lipinski definition) is 5. The van der Waals surface area contributed by atoms with Gasteiger partial charge in [0.2, 0.25) is 5.91 Å². The van der Waals surface area contributed by atoms with E-state index in [0.717, 1.165) is 12.8 Å². The summed E-state index contributed by atoms with van der Waals surface area (Å²) in [4.78, 5) is 28.5. The lowest BCUT2D eigenvalue weighted by Crippen LogP contribution is -2.51. The molecule has 2 aliphatic rings. The topological polar surface area (TPSA) is 87.9 Å². The van der Waals surface area contributed by atoms with Crippen molar-refractivity contribution in [1.82, 2.24) is 15.1 Å². The number of hydrogen-bond donors (Lipinski definition) is 2. The number of ether oxygens (including phenoxy) is 1. The zero-order valence-corrected chi connectivity index (χ0v) is 17.5. The molecule has 1 aliphatic heterocycles. The Morgan fingerprint density at radius 1 is 1.22 bits per heavy atom. The summed E-state index contributed by atoms with van der Waals surface area (Å²) in [5.41, 5.74) is 6.55. The Morgan fingerprint density at radius 3 is 2.41 bits per heavy atom.